The summed E-state index contributed by atoms with van der Waals surface area (Å²) in [5, 5.41) is 3.21. The number of hydrogen-bond donors (Lipinski definition) is 1. The van der Waals surface area contributed by atoms with Gasteiger partial charge in [-0.1, -0.05) is 39.2 Å². The number of furan rings is 1. The van der Waals surface area contributed by atoms with E-state index >= 15 is 0 Å². The summed E-state index contributed by atoms with van der Waals surface area (Å²) in [4.78, 5) is 32.6. The van der Waals surface area contributed by atoms with Gasteiger partial charge in [-0.3, -0.25) is 14.6 Å². The SMILES string of the molecule is CC(C)CCC(=O)N(Cc1ccco1)C(C(=O)NC1CCCCC1)c1cccnc1. The van der Waals surface area contributed by atoms with Crippen LogP contribution in [0.15, 0.2) is 47.3 Å². The van der Waals surface area contributed by atoms with Gasteiger partial charge in [-0.25, -0.2) is 0 Å². The molecule has 6 heteroatoms. The molecule has 0 saturated heterocycles. The topological polar surface area (TPSA) is 75.4 Å². The summed E-state index contributed by atoms with van der Waals surface area (Å²) in [6, 6.07) is 6.74. The molecular weight excluding hydrogens is 378 g/mol. The third-order valence-corrected chi connectivity index (χ3v) is 5.67. The van der Waals surface area contributed by atoms with E-state index in [2.05, 4.69) is 24.1 Å². The van der Waals surface area contributed by atoms with Crippen LogP contribution < -0.4 is 5.32 Å². The molecule has 1 aliphatic carbocycles. The summed E-state index contributed by atoms with van der Waals surface area (Å²) in [6.45, 7) is 4.44. The Hall–Kier alpha value is -2.63. The second kappa shape index (κ2) is 11.0. The Morgan fingerprint density at radius 3 is 2.63 bits per heavy atom. The summed E-state index contributed by atoms with van der Waals surface area (Å²) in [6.07, 6.45) is 11.6. The lowest BCUT2D eigenvalue weighted by Gasteiger charge is -2.33. The monoisotopic (exact) mass is 411 g/mol. The van der Waals surface area contributed by atoms with Crippen molar-refractivity contribution in [2.45, 2.75) is 77.4 Å². The molecule has 30 heavy (non-hydrogen) atoms. The molecule has 0 bridgehead atoms. The van der Waals surface area contributed by atoms with E-state index in [1.54, 1.807) is 35.7 Å². The number of aromatic nitrogens is 1. The summed E-state index contributed by atoms with van der Waals surface area (Å²) in [5.41, 5.74) is 0.718. The van der Waals surface area contributed by atoms with Crippen molar-refractivity contribution in [3.8, 4) is 0 Å². The fourth-order valence-electron chi connectivity index (χ4n) is 3.99. The van der Waals surface area contributed by atoms with Gasteiger partial charge in [0.25, 0.3) is 0 Å². The van der Waals surface area contributed by atoms with E-state index in [0.29, 0.717) is 18.1 Å². The highest BCUT2D eigenvalue weighted by atomic mass is 16.3. The smallest absolute Gasteiger partial charge is 0.247 e. The molecule has 1 unspecified atom stereocenters. The van der Waals surface area contributed by atoms with Crippen molar-refractivity contribution in [2.24, 2.45) is 5.92 Å². The maximum atomic E-state index is 13.5. The van der Waals surface area contributed by atoms with Crippen molar-refractivity contribution in [3.05, 3.63) is 54.2 Å². The van der Waals surface area contributed by atoms with Crippen LogP contribution in [0, 0.1) is 5.92 Å². The van der Waals surface area contributed by atoms with Crippen LogP contribution in [0.4, 0.5) is 0 Å². The average Bonchev–Trinajstić information content (AvgIpc) is 3.26. The zero-order valence-electron chi connectivity index (χ0n) is 18.0. The lowest BCUT2D eigenvalue weighted by Crippen LogP contribution is -2.46. The quantitative estimate of drug-likeness (QED) is 0.653. The Morgan fingerprint density at radius 1 is 1.20 bits per heavy atom. The molecule has 2 amide bonds. The first kappa shape index (κ1) is 22.1. The van der Waals surface area contributed by atoms with Crippen LogP contribution in [0.5, 0.6) is 0 Å². The number of hydrogen-bond acceptors (Lipinski definition) is 4. The van der Waals surface area contributed by atoms with E-state index in [4.69, 9.17) is 4.42 Å². The minimum absolute atomic E-state index is 0.0484. The first-order valence-corrected chi connectivity index (χ1v) is 11.1. The molecule has 2 heterocycles. The van der Waals surface area contributed by atoms with Crippen molar-refractivity contribution in [2.75, 3.05) is 0 Å². The van der Waals surface area contributed by atoms with Crippen LogP contribution in [-0.2, 0) is 16.1 Å². The summed E-state index contributed by atoms with van der Waals surface area (Å²) >= 11 is 0. The maximum Gasteiger partial charge on any atom is 0.247 e. The fraction of sp³-hybridized carbons (Fsp3) is 0.542. The minimum Gasteiger partial charge on any atom is -0.467 e. The molecular formula is C24H33N3O3. The number of pyridine rings is 1. The number of amides is 2. The number of rotatable bonds is 9. The number of nitrogens with zero attached hydrogens (tertiary/aromatic N) is 2. The van der Waals surface area contributed by atoms with Gasteiger partial charge in [0.1, 0.15) is 11.8 Å². The van der Waals surface area contributed by atoms with Gasteiger partial charge in [-0.15, -0.1) is 0 Å². The van der Waals surface area contributed by atoms with E-state index < -0.39 is 6.04 Å². The normalized spacial score (nSPS) is 15.7. The molecule has 1 fully saturated rings. The van der Waals surface area contributed by atoms with Crippen molar-refractivity contribution >= 4 is 11.8 Å². The molecule has 1 N–H and O–H groups in total. The van der Waals surface area contributed by atoms with E-state index in [0.717, 1.165) is 37.7 Å². The largest absolute Gasteiger partial charge is 0.467 e. The first-order chi connectivity index (χ1) is 14.5. The van der Waals surface area contributed by atoms with Crippen LogP contribution in [0.25, 0.3) is 0 Å². The number of carbonyl (C=O) groups is 2. The molecule has 0 aliphatic heterocycles. The van der Waals surface area contributed by atoms with E-state index in [1.807, 2.05) is 12.1 Å². The van der Waals surface area contributed by atoms with Gasteiger partial charge < -0.3 is 14.6 Å². The molecule has 2 aromatic rings. The predicted molar refractivity (Wildman–Crippen MR) is 115 cm³/mol. The Kier molecular flexibility index (Phi) is 8.05. The average molecular weight is 412 g/mol. The van der Waals surface area contributed by atoms with E-state index in [9.17, 15) is 9.59 Å². The van der Waals surface area contributed by atoms with Crippen molar-refractivity contribution < 1.29 is 14.0 Å². The number of carbonyl (C=O) groups excluding carboxylic acids is 2. The minimum atomic E-state index is -0.731. The maximum absolute atomic E-state index is 13.5. The Balaban J connectivity index is 1.88. The van der Waals surface area contributed by atoms with Crippen molar-refractivity contribution in [1.29, 1.82) is 0 Å². The van der Waals surface area contributed by atoms with Crippen LogP contribution >= 0.6 is 0 Å². The van der Waals surface area contributed by atoms with Gasteiger partial charge in [-0.2, -0.15) is 0 Å². The molecule has 0 radical (unpaired) electrons. The lowest BCUT2D eigenvalue weighted by atomic mass is 9.94. The molecule has 1 atom stereocenters. The predicted octanol–water partition coefficient (Wildman–Crippen LogP) is 4.63. The van der Waals surface area contributed by atoms with Gasteiger partial charge in [0.15, 0.2) is 0 Å². The second-order valence-corrected chi connectivity index (χ2v) is 8.57. The molecule has 0 spiro atoms. The second-order valence-electron chi connectivity index (χ2n) is 8.57. The fourth-order valence-corrected chi connectivity index (χ4v) is 3.99. The molecule has 1 aliphatic rings. The molecule has 3 rings (SSSR count). The van der Waals surface area contributed by atoms with Gasteiger partial charge in [0.05, 0.1) is 12.8 Å². The third kappa shape index (κ3) is 6.18. The molecule has 0 aromatic carbocycles. The van der Waals surface area contributed by atoms with Crippen LogP contribution in [-0.4, -0.2) is 27.7 Å². The van der Waals surface area contributed by atoms with Crippen molar-refractivity contribution in [3.63, 3.8) is 0 Å². The molecule has 6 nitrogen and oxygen atoms in total. The molecule has 162 valence electrons. The van der Waals surface area contributed by atoms with Gasteiger partial charge >= 0.3 is 0 Å². The zero-order chi connectivity index (χ0) is 21.3. The summed E-state index contributed by atoms with van der Waals surface area (Å²) < 4.78 is 5.51. The highest BCUT2D eigenvalue weighted by molar-refractivity contribution is 5.88. The lowest BCUT2D eigenvalue weighted by molar-refractivity contribution is -0.142. The van der Waals surface area contributed by atoms with Gasteiger partial charge in [0, 0.05) is 30.4 Å². The van der Waals surface area contributed by atoms with Gasteiger partial charge in [-0.05, 0) is 43.4 Å². The molecule has 2 aromatic heterocycles. The van der Waals surface area contributed by atoms with Gasteiger partial charge in [0.2, 0.25) is 11.8 Å². The highest BCUT2D eigenvalue weighted by Crippen LogP contribution is 2.26. The zero-order valence-corrected chi connectivity index (χ0v) is 18.0. The van der Waals surface area contributed by atoms with Crippen molar-refractivity contribution in [1.82, 2.24) is 15.2 Å². The highest BCUT2D eigenvalue weighted by Gasteiger charge is 2.33. The Morgan fingerprint density at radius 2 is 2.00 bits per heavy atom. The standard InChI is InChI=1S/C24H33N3O3/c1-18(2)12-13-22(28)27(17-21-11-7-15-30-21)23(19-8-6-14-25-16-19)24(29)26-20-9-4-3-5-10-20/h6-8,11,14-16,18,20,23H,3-5,9-10,12-13,17H2,1-2H3,(H,26,29). The molecule has 1 saturated carbocycles. The number of nitrogens with one attached hydrogen (secondary N) is 1. The summed E-state index contributed by atoms with van der Waals surface area (Å²) in [7, 11) is 0. The Labute approximate surface area is 179 Å². The van der Waals surface area contributed by atoms with Crippen LogP contribution in [0.2, 0.25) is 0 Å². The Bertz CT molecular complexity index is 783. The van der Waals surface area contributed by atoms with E-state index in [-0.39, 0.29) is 24.4 Å². The van der Waals surface area contributed by atoms with E-state index in [1.165, 1.54) is 6.42 Å². The summed E-state index contributed by atoms with van der Waals surface area (Å²) in [5.74, 6) is 0.881. The van der Waals surface area contributed by atoms with Crippen LogP contribution in [0.1, 0.15) is 76.2 Å². The third-order valence-electron chi connectivity index (χ3n) is 5.67. The van der Waals surface area contributed by atoms with Crippen LogP contribution in [0.3, 0.4) is 0 Å². The first-order valence-electron chi connectivity index (χ1n) is 11.1.